The second-order valence-corrected chi connectivity index (χ2v) is 8.91. The van der Waals surface area contributed by atoms with Crippen LogP contribution in [0.4, 0.5) is 13.2 Å². The summed E-state index contributed by atoms with van der Waals surface area (Å²) >= 11 is 0. The fourth-order valence-electron chi connectivity index (χ4n) is 5.08. The van der Waals surface area contributed by atoms with Gasteiger partial charge >= 0.3 is 6.18 Å². The largest absolute Gasteiger partial charge is 0.422 e. The molecule has 1 aliphatic carbocycles. The minimum absolute atomic E-state index is 0.0278. The van der Waals surface area contributed by atoms with Crippen LogP contribution in [0.2, 0.25) is 0 Å². The summed E-state index contributed by atoms with van der Waals surface area (Å²) in [6.45, 7) is 3.16. The van der Waals surface area contributed by atoms with E-state index in [1.807, 2.05) is 6.07 Å². The molecule has 2 aromatic carbocycles. The minimum atomic E-state index is -4.67. The molecule has 0 amide bonds. The van der Waals surface area contributed by atoms with Gasteiger partial charge in [0.25, 0.3) is 0 Å². The summed E-state index contributed by atoms with van der Waals surface area (Å²) in [5.74, 6) is -0.295. The van der Waals surface area contributed by atoms with Crippen molar-refractivity contribution in [1.29, 1.82) is 0 Å². The first-order chi connectivity index (χ1) is 16.5. The van der Waals surface area contributed by atoms with Crippen molar-refractivity contribution in [1.82, 2.24) is 15.2 Å². The van der Waals surface area contributed by atoms with Gasteiger partial charge in [-0.1, -0.05) is 58.8 Å². The van der Waals surface area contributed by atoms with Crippen LogP contribution in [-0.4, -0.2) is 28.3 Å². The lowest BCUT2D eigenvalue weighted by Gasteiger charge is -2.19. The Labute approximate surface area is 194 Å². The summed E-state index contributed by atoms with van der Waals surface area (Å²) in [4.78, 5) is 2.44. The molecule has 0 saturated carbocycles. The Morgan fingerprint density at radius 1 is 0.853 bits per heavy atom. The Morgan fingerprint density at radius 3 is 2.35 bits per heavy atom. The highest BCUT2D eigenvalue weighted by Gasteiger charge is 2.43. The van der Waals surface area contributed by atoms with Gasteiger partial charge in [-0.15, -0.1) is 0 Å². The molecule has 174 valence electrons. The molecule has 0 N–H and O–H groups in total. The zero-order valence-corrected chi connectivity index (χ0v) is 18.4. The van der Waals surface area contributed by atoms with Gasteiger partial charge in [-0.2, -0.15) is 13.2 Å². The Hall–Kier alpha value is -3.39. The van der Waals surface area contributed by atoms with E-state index in [1.54, 1.807) is 30.3 Å². The molecule has 8 heteroatoms. The monoisotopic (exact) mass is 465 g/mol. The van der Waals surface area contributed by atoms with Crippen LogP contribution in [0.3, 0.4) is 0 Å². The number of rotatable bonds is 4. The standard InChI is InChI=1S/C26H22F3N3O2/c27-26(28,29)21-23(31-33-24(21)17-6-2-1-3-7-17)25-20-11-9-18-14-16(15-32-12-4-5-13-32)8-10-19(18)22(20)30-34-25/h1-3,6-8,10,14H,4-5,9,11-13,15H2. The molecule has 2 aromatic heterocycles. The molecule has 0 atom stereocenters. The average Bonchev–Trinajstić information content (AvgIpc) is 3.58. The van der Waals surface area contributed by atoms with Gasteiger partial charge in [0, 0.05) is 23.2 Å². The van der Waals surface area contributed by atoms with Crippen LogP contribution < -0.4 is 0 Å². The second kappa shape index (κ2) is 8.13. The van der Waals surface area contributed by atoms with Crippen molar-refractivity contribution in [3.05, 3.63) is 70.8 Å². The third-order valence-corrected chi connectivity index (χ3v) is 6.69. The highest BCUT2D eigenvalue weighted by atomic mass is 19.4. The number of aryl methyl sites for hydroxylation is 1. The maximum absolute atomic E-state index is 14.1. The predicted molar refractivity (Wildman–Crippen MR) is 120 cm³/mol. The molecule has 2 aliphatic rings. The van der Waals surface area contributed by atoms with Crippen LogP contribution in [0.1, 0.15) is 35.1 Å². The molecule has 1 fully saturated rings. The summed E-state index contributed by atoms with van der Waals surface area (Å²) in [6, 6.07) is 14.4. The Morgan fingerprint density at radius 2 is 1.59 bits per heavy atom. The fourth-order valence-corrected chi connectivity index (χ4v) is 5.08. The molecule has 6 rings (SSSR count). The first-order valence-electron chi connectivity index (χ1n) is 11.4. The average molecular weight is 465 g/mol. The van der Waals surface area contributed by atoms with Crippen LogP contribution in [-0.2, 0) is 25.6 Å². The number of hydrogen-bond acceptors (Lipinski definition) is 5. The lowest BCUT2D eigenvalue weighted by molar-refractivity contribution is -0.136. The number of nitrogens with zero attached hydrogens (tertiary/aromatic N) is 3. The Bertz CT molecular complexity index is 1340. The predicted octanol–water partition coefficient (Wildman–Crippen LogP) is 6.38. The highest BCUT2D eigenvalue weighted by molar-refractivity contribution is 5.79. The number of halogens is 3. The molecule has 1 saturated heterocycles. The Kier molecular flexibility index (Phi) is 5.06. The van der Waals surface area contributed by atoms with E-state index in [-0.39, 0.29) is 17.2 Å². The maximum Gasteiger partial charge on any atom is 0.422 e. The van der Waals surface area contributed by atoms with E-state index in [0.717, 1.165) is 30.8 Å². The lowest BCUT2D eigenvalue weighted by Crippen LogP contribution is -2.18. The molecule has 0 unspecified atom stereocenters. The number of likely N-dealkylation sites (tertiary alicyclic amines) is 1. The van der Waals surface area contributed by atoms with Crippen LogP contribution in [0.25, 0.3) is 34.0 Å². The van der Waals surface area contributed by atoms with Crippen molar-refractivity contribution >= 4 is 0 Å². The molecule has 34 heavy (non-hydrogen) atoms. The quantitative estimate of drug-likeness (QED) is 0.350. The second-order valence-electron chi connectivity index (χ2n) is 8.91. The molecule has 3 heterocycles. The van der Waals surface area contributed by atoms with Crippen molar-refractivity contribution in [2.24, 2.45) is 0 Å². The van der Waals surface area contributed by atoms with Gasteiger partial charge in [0.1, 0.15) is 11.3 Å². The first-order valence-corrected chi connectivity index (χ1v) is 11.4. The van der Waals surface area contributed by atoms with Gasteiger partial charge in [-0.25, -0.2) is 0 Å². The van der Waals surface area contributed by atoms with Crippen molar-refractivity contribution in [2.45, 2.75) is 38.4 Å². The first kappa shape index (κ1) is 21.2. The van der Waals surface area contributed by atoms with E-state index < -0.39 is 11.7 Å². The van der Waals surface area contributed by atoms with Crippen molar-refractivity contribution < 1.29 is 22.2 Å². The molecular formula is C26H22F3N3O2. The van der Waals surface area contributed by atoms with Crippen LogP contribution in [0.15, 0.2) is 57.6 Å². The number of benzene rings is 2. The van der Waals surface area contributed by atoms with E-state index in [2.05, 4.69) is 27.3 Å². The van der Waals surface area contributed by atoms with E-state index >= 15 is 0 Å². The Balaban J connectivity index is 1.39. The zero-order valence-electron chi connectivity index (χ0n) is 18.4. The lowest BCUT2D eigenvalue weighted by atomic mass is 9.87. The molecule has 4 aromatic rings. The van der Waals surface area contributed by atoms with Crippen molar-refractivity contribution in [2.75, 3.05) is 13.1 Å². The number of alkyl halides is 3. The van der Waals surface area contributed by atoms with Crippen LogP contribution in [0.5, 0.6) is 0 Å². The van der Waals surface area contributed by atoms with Gasteiger partial charge in [0.2, 0.25) is 0 Å². The molecule has 0 spiro atoms. The smallest absolute Gasteiger partial charge is 0.355 e. The molecule has 1 aliphatic heterocycles. The zero-order chi connectivity index (χ0) is 23.3. The molecular weight excluding hydrogens is 443 g/mol. The highest BCUT2D eigenvalue weighted by Crippen LogP contribution is 2.46. The summed E-state index contributed by atoms with van der Waals surface area (Å²) in [7, 11) is 0. The maximum atomic E-state index is 14.1. The van der Waals surface area contributed by atoms with Crippen LogP contribution >= 0.6 is 0 Å². The fraction of sp³-hybridized carbons (Fsp3) is 0.308. The SMILES string of the molecule is FC(F)(F)c1c(-c2onc3c2CCc2cc(CN4CCCC4)ccc2-3)noc1-c1ccccc1. The number of fused-ring (bicyclic) bond motifs is 3. The van der Waals surface area contributed by atoms with Crippen LogP contribution in [0, 0.1) is 0 Å². The normalized spacial score (nSPS) is 16.0. The van der Waals surface area contributed by atoms with E-state index in [0.29, 0.717) is 29.7 Å². The third kappa shape index (κ3) is 3.62. The summed E-state index contributed by atoms with van der Waals surface area (Å²) < 4.78 is 53.1. The number of hydrogen-bond donors (Lipinski definition) is 0. The molecule has 0 radical (unpaired) electrons. The summed E-state index contributed by atoms with van der Waals surface area (Å²) in [6.07, 6.45) is -0.959. The minimum Gasteiger partial charge on any atom is -0.355 e. The van der Waals surface area contributed by atoms with E-state index in [1.165, 1.54) is 18.4 Å². The van der Waals surface area contributed by atoms with Gasteiger partial charge < -0.3 is 9.05 Å². The van der Waals surface area contributed by atoms with Gasteiger partial charge in [0.15, 0.2) is 17.2 Å². The topological polar surface area (TPSA) is 55.3 Å². The van der Waals surface area contributed by atoms with Crippen molar-refractivity contribution in [3.8, 4) is 34.0 Å². The molecule has 0 bridgehead atoms. The summed E-state index contributed by atoms with van der Waals surface area (Å²) in [5.41, 5.74) is 3.53. The van der Waals surface area contributed by atoms with Gasteiger partial charge in [0.05, 0.1) is 0 Å². The van der Waals surface area contributed by atoms with E-state index in [9.17, 15) is 13.2 Å². The molecule has 5 nitrogen and oxygen atoms in total. The van der Waals surface area contributed by atoms with Gasteiger partial charge in [-0.05, 0) is 49.9 Å². The van der Waals surface area contributed by atoms with Crippen molar-refractivity contribution in [3.63, 3.8) is 0 Å². The van der Waals surface area contributed by atoms with E-state index in [4.69, 9.17) is 9.05 Å². The summed E-state index contributed by atoms with van der Waals surface area (Å²) in [5, 5.41) is 7.98. The van der Waals surface area contributed by atoms with Gasteiger partial charge in [-0.3, -0.25) is 4.90 Å². The third-order valence-electron chi connectivity index (χ3n) is 6.69. The number of aromatic nitrogens is 2.